The molecule has 1 atom stereocenters. The lowest BCUT2D eigenvalue weighted by molar-refractivity contribution is -0.394. The lowest BCUT2D eigenvalue weighted by atomic mass is 9.81. The summed E-state index contributed by atoms with van der Waals surface area (Å²) in [6.45, 7) is 0.260. The molecule has 2 aromatic carbocycles. The maximum absolute atomic E-state index is 11.5. The van der Waals surface area contributed by atoms with Crippen LogP contribution in [-0.4, -0.2) is 15.6 Å². The van der Waals surface area contributed by atoms with Crippen LogP contribution in [-0.2, 0) is 11.4 Å². The molecule has 3 rings (SSSR count). The topological polar surface area (TPSA) is 108 Å². The first-order valence-electron chi connectivity index (χ1n) is 8.81. The first-order valence-corrected chi connectivity index (χ1v) is 9.19. The van der Waals surface area contributed by atoms with Crippen LogP contribution in [0.25, 0.3) is 0 Å². The Labute approximate surface area is 166 Å². The van der Waals surface area contributed by atoms with Crippen LogP contribution in [0.1, 0.15) is 42.7 Å². The maximum Gasteiger partial charge on any atom is 0.280 e. The van der Waals surface area contributed by atoms with Crippen molar-refractivity contribution >= 4 is 28.7 Å². The van der Waals surface area contributed by atoms with Crippen LogP contribution in [0.5, 0.6) is 0 Å². The largest absolute Gasteiger partial charge is 0.391 e. The smallest absolute Gasteiger partial charge is 0.280 e. The summed E-state index contributed by atoms with van der Waals surface area (Å²) >= 11 is 5.86. The molecule has 0 amide bonds. The van der Waals surface area contributed by atoms with Gasteiger partial charge in [-0.2, -0.15) is 0 Å². The molecule has 1 aliphatic carbocycles. The third kappa shape index (κ3) is 4.64. The number of non-ortho nitro benzene ring substituents is 1. The van der Waals surface area contributed by atoms with Gasteiger partial charge in [0, 0.05) is 22.6 Å². The van der Waals surface area contributed by atoms with Gasteiger partial charge in [0.25, 0.3) is 11.4 Å². The van der Waals surface area contributed by atoms with E-state index in [1.54, 1.807) is 12.1 Å². The number of nitro benzene ring substituents is 2. The molecule has 0 heterocycles. The molecule has 0 aliphatic heterocycles. The number of benzene rings is 2. The molecule has 0 spiro atoms. The Kier molecular flexibility index (Phi) is 6.20. The van der Waals surface area contributed by atoms with Gasteiger partial charge in [-0.05, 0) is 43.0 Å². The average Bonchev–Trinajstić information content (AvgIpc) is 2.69. The molecule has 9 heteroatoms. The summed E-state index contributed by atoms with van der Waals surface area (Å²) in [6, 6.07) is 11.0. The predicted octanol–water partition coefficient (Wildman–Crippen LogP) is 5.39. The van der Waals surface area contributed by atoms with Crippen molar-refractivity contribution < 1.29 is 14.7 Å². The van der Waals surface area contributed by atoms with Gasteiger partial charge in [-0.25, -0.2) is 0 Å². The zero-order chi connectivity index (χ0) is 20.1. The predicted molar refractivity (Wildman–Crippen MR) is 105 cm³/mol. The van der Waals surface area contributed by atoms with Crippen molar-refractivity contribution in [2.75, 3.05) is 0 Å². The Morgan fingerprint density at radius 3 is 2.50 bits per heavy atom. The number of oxime groups is 1. The Balaban J connectivity index is 1.83. The molecular weight excluding hydrogens is 386 g/mol. The minimum Gasteiger partial charge on any atom is -0.391 e. The molecule has 28 heavy (non-hydrogen) atoms. The number of rotatable bonds is 6. The maximum atomic E-state index is 11.5. The highest BCUT2D eigenvalue weighted by Gasteiger charge is 2.30. The summed E-state index contributed by atoms with van der Waals surface area (Å²) in [7, 11) is 0. The van der Waals surface area contributed by atoms with E-state index in [1.807, 2.05) is 12.1 Å². The van der Waals surface area contributed by atoms with E-state index in [0.29, 0.717) is 23.4 Å². The fraction of sp³-hybridized carbons (Fsp3) is 0.316. The fourth-order valence-corrected chi connectivity index (χ4v) is 3.43. The summed E-state index contributed by atoms with van der Waals surface area (Å²) < 4.78 is 0. The van der Waals surface area contributed by atoms with Crippen LogP contribution in [0.3, 0.4) is 0 Å². The quantitative estimate of drug-likeness (QED) is 0.474. The van der Waals surface area contributed by atoms with Gasteiger partial charge in [0.15, 0.2) is 0 Å². The second kappa shape index (κ2) is 8.79. The summed E-state index contributed by atoms with van der Waals surface area (Å²) in [4.78, 5) is 26.7. The first-order chi connectivity index (χ1) is 13.5. The minimum absolute atomic E-state index is 0.258. The summed E-state index contributed by atoms with van der Waals surface area (Å²) in [6.07, 6.45) is 3.16. The second-order valence-corrected chi connectivity index (χ2v) is 6.97. The number of hydrogen-bond acceptors (Lipinski definition) is 6. The van der Waals surface area contributed by atoms with Crippen LogP contribution in [0.2, 0.25) is 5.02 Å². The van der Waals surface area contributed by atoms with Crippen molar-refractivity contribution in [2.24, 2.45) is 5.16 Å². The molecule has 2 aromatic rings. The number of nitro groups is 2. The van der Waals surface area contributed by atoms with Gasteiger partial charge in [-0.3, -0.25) is 20.2 Å². The third-order valence-electron chi connectivity index (χ3n) is 4.70. The van der Waals surface area contributed by atoms with Crippen molar-refractivity contribution in [3.8, 4) is 0 Å². The van der Waals surface area contributed by atoms with Gasteiger partial charge < -0.3 is 4.84 Å². The van der Waals surface area contributed by atoms with E-state index in [-0.39, 0.29) is 23.9 Å². The number of hydrogen-bond donors (Lipinski definition) is 0. The minimum atomic E-state index is -0.637. The van der Waals surface area contributed by atoms with Gasteiger partial charge in [0.05, 0.1) is 21.6 Å². The van der Waals surface area contributed by atoms with E-state index in [2.05, 4.69) is 5.16 Å². The SMILES string of the molecule is O=[N+]([O-])c1ccc(C2CCCC/C2=N\OCc2ccc(Cl)cc2)c([N+](=O)[O-])c1. The second-order valence-electron chi connectivity index (χ2n) is 6.54. The van der Waals surface area contributed by atoms with Crippen molar-refractivity contribution in [3.63, 3.8) is 0 Å². The lowest BCUT2D eigenvalue weighted by Gasteiger charge is -2.23. The van der Waals surface area contributed by atoms with Crippen molar-refractivity contribution in [1.82, 2.24) is 0 Å². The van der Waals surface area contributed by atoms with Crippen LogP contribution in [0, 0.1) is 20.2 Å². The van der Waals surface area contributed by atoms with E-state index in [9.17, 15) is 20.2 Å². The van der Waals surface area contributed by atoms with Gasteiger partial charge in [-0.15, -0.1) is 0 Å². The van der Waals surface area contributed by atoms with E-state index < -0.39 is 9.85 Å². The van der Waals surface area contributed by atoms with Gasteiger partial charge in [-0.1, -0.05) is 35.3 Å². The first kappa shape index (κ1) is 19.8. The van der Waals surface area contributed by atoms with E-state index >= 15 is 0 Å². The van der Waals surface area contributed by atoms with Crippen LogP contribution < -0.4 is 0 Å². The molecule has 1 aliphatic rings. The third-order valence-corrected chi connectivity index (χ3v) is 4.95. The summed E-state index contributed by atoms with van der Waals surface area (Å²) in [5.41, 5.74) is 1.50. The van der Waals surface area contributed by atoms with Crippen LogP contribution in [0.15, 0.2) is 47.6 Å². The highest BCUT2D eigenvalue weighted by molar-refractivity contribution is 6.30. The van der Waals surface area contributed by atoms with Gasteiger partial charge >= 0.3 is 0 Å². The van der Waals surface area contributed by atoms with Crippen molar-refractivity contribution in [2.45, 2.75) is 38.2 Å². The molecule has 146 valence electrons. The molecule has 1 fully saturated rings. The molecule has 1 saturated carbocycles. The number of nitrogens with zero attached hydrogens (tertiary/aromatic N) is 3. The summed E-state index contributed by atoms with van der Waals surface area (Å²) in [5, 5.41) is 27.3. The number of halogens is 1. The molecule has 8 nitrogen and oxygen atoms in total. The highest BCUT2D eigenvalue weighted by Crippen LogP contribution is 2.37. The fourth-order valence-electron chi connectivity index (χ4n) is 3.31. The summed E-state index contributed by atoms with van der Waals surface area (Å²) in [5.74, 6) is -0.292. The van der Waals surface area contributed by atoms with Crippen molar-refractivity contribution in [3.05, 3.63) is 78.8 Å². The monoisotopic (exact) mass is 403 g/mol. The van der Waals surface area contributed by atoms with Crippen molar-refractivity contribution in [1.29, 1.82) is 0 Å². The van der Waals surface area contributed by atoms with Gasteiger partial charge in [0.1, 0.15) is 6.61 Å². The standard InChI is InChI=1S/C19H18ClN3O5/c20-14-7-5-13(6-8-14)12-28-21-18-4-2-1-3-16(18)17-10-9-15(22(24)25)11-19(17)23(26)27/h5-11,16H,1-4,12H2/b21-18+. The molecule has 0 aromatic heterocycles. The van der Waals surface area contributed by atoms with Gasteiger partial charge in [0.2, 0.25) is 0 Å². The Morgan fingerprint density at radius 2 is 1.82 bits per heavy atom. The molecule has 0 N–H and O–H groups in total. The van der Waals surface area contributed by atoms with E-state index in [4.69, 9.17) is 16.4 Å². The van der Waals surface area contributed by atoms with Crippen LogP contribution >= 0.6 is 11.6 Å². The average molecular weight is 404 g/mol. The Hall–Kier alpha value is -3.00. The Morgan fingerprint density at radius 1 is 1.07 bits per heavy atom. The Bertz CT molecular complexity index is 914. The molecule has 0 bridgehead atoms. The molecule has 0 saturated heterocycles. The zero-order valence-corrected chi connectivity index (χ0v) is 15.7. The normalized spacial score (nSPS) is 18.0. The lowest BCUT2D eigenvalue weighted by Crippen LogP contribution is -2.19. The molecular formula is C19H18ClN3O5. The van der Waals surface area contributed by atoms with Crippen LogP contribution in [0.4, 0.5) is 11.4 Å². The molecule has 0 radical (unpaired) electrons. The van der Waals surface area contributed by atoms with E-state index in [1.165, 1.54) is 12.1 Å². The van der Waals surface area contributed by atoms with E-state index in [0.717, 1.165) is 30.2 Å². The molecule has 1 unspecified atom stereocenters. The highest BCUT2D eigenvalue weighted by atomic mass is 35.5. The zero-order valence-electron chi connectivity index (χ0n) is 14.9.